The number of hydrogen-bond acceptors (Lipinski definition) is 4. The maximum Gasteiger partial charge on any atom is 0.360 e. The van der Waals surface area contributed by atoms with E-state index in [2.05, 4.69) is 5.10 Å². The molecule has 1 heterocycles. The van der Waals surface area contributed by atoms with Crippen LogP contribution in [-0.2, 0) is 0 Å². The smallest absolute Gasteiger partial charge is 0.360 e. The van der Waals surface area contributed by atoms with Gasteiger partial charge in [-0.2, -0.15) is 5.10 Å². The topological polar surface area (TPSA) is 81.4 Å². The van der Waals surface area contributed by atoms with Crippen LogP contribution < -0.4 is 10.2 Å². The molecule has 0 saturated carbocycles. The van der Waals surface area contributed by atoms with Gasteiger partial charge in [0.1, 0.15) is 11.6 Å². The molecule has 0 aliphatic rings. The van der Waals surface area contributed by atoms with E-state index < -0.39 is 22.9 Å². The number of nitrogens with zero attached hydrogens (tertiary/aromatic N) is 2. The third kappa shape index (κ3) is 3.13. The Morgan fingerprint density at radius 2 is 2.04 bits per heavy atom. The minimum atomic E-state index is -1.47. The van der Waals surface area contributed by atoms with Gasteiger partial charge in [0.15, 0.2) is 0 Å². The van der Waals surface area contributed by atoms with Gasteiger partial charge in [-0.3, -0.25) is 4.79 Å². The minimum absolute atomic E-state index is 0.0778. The van der Waals surface area contributed by atoms with Crippen LogP contribution in [0.5, 0.6) is 5.75 Å². The summed E-state index contributed by atoms with van der Waals surface area (Å²) in [4.78, 5) is 24.2. The lowest BCUT2D eigenvalue weighted by molar-refractivity contribution is 0.0687. The van der Waals surface area contributed by atoms with Gasteiger partial charge in [-0.1, -0.05) is 17.7 Å². The summed E-state index contributed by atoms with van der Waals surface area (Å²) in [7, 11) is 0. The lowest BCUT2D eigenvalue weighted by atomic mass is 10.1. The van der Waals surface area contributed by atoms with Gasteiger partial charge >= 0.3 is 5.97 Å². The molecular weight excluding hydrogens is 363 g/mol. The van der Waals surface area contributed by atoms with Crippen LogP contribution in [0.1, 0.15) is 24.3 Å². The van der Waals surface area contributed by atoms with Crippen molar-refractivity contribution in [2.24, 2.45) is 0 Å². The maximum absolute atomic E-state index is 13.5. The molecule has 134 valence electrons. The molecule has 0 atom stereocenters. The fourth-order valence-corrected chi connectivity index (χ4v) is 2.72. The lowest BCUT2D eigenvalue weighted by Gasteiger charge is -2.15. The molecule has 26 heavy (non-hydrogen) atoms. The van der Waals surface area contributed by atoms with Crippen LogP contribution in [0.25, 0.3) is 16.6 Å². The number of fused-ring (bicyclic) bond motifs is 1. The SMILES string of the molecule is CC(C)Oc1cccc2c1c(=O)c(C(=O)O)nn2-c1ccc(F)c(Cl)c1. The zero-order chi connectivity index (χ0) is 19.0. The van der Waals surface area contributed by atoms with Gasteiger partial charge in [0.25, 0.3) is 0 Å². The Morgan fingerprint density at radius 1 is 1.31 bits per heavy atom. The van der Waals surface area contributed by atoms with Crippen LogP contribution in [0, 0.1) is 5.82 Å². The average Bonchev–Trinajstić information content (AvgIpc) is 2.57. The molecule has 1 aromatic heterocycles. The summed E-state index contributed by atoms with van der Waals surface area (Å²) >= 11 is 5.83. The Hall–Kier alpha value is -2.93. The van der Waals surface area contributed by atoms with E-state index in [1.54, 1.807) is 32.0 Å². The van der Waals surface area contributed by atoms with Crippen molar-refractivity contribution in [1.29, 1.82) is 0 Å². The van der Waals surface area contributed by atoms with E-state index in [1.165, 1.54) is 16.8 Å². The summed E-state index contributed by atoms with van der Waals surface area (Å²) in [5.41, 5.74) is -0.794. The van der Waals surface area contributed by atoms with Crippen molar-refractivity contribution < 1.29 is 19.0 Å². The number of rotatable bonds is 4. The molecule has 0 radical (unpaired) electrons. The molecule has 0 aliphatic carbocycles. The lowest BCUT2D eigenvalue weighted by Crippen LogP contribution is -2.23. The summed E-state index contributed by atoms with van der Waals surface area (Å²) in [5.74, 6) is -1.85. The van der Waals surface area contributed by atoms with E-state index >= 15 is 0 Å². The monoisotopic (exact) mass is 376 g/mol. The third-order valence-corrected chi connectivity index (χ3v) is 3.88. The summed E-state index contributed by atoms with van der Waals surface area (Å²) in [6.45, 7) is 3.58. The molecule has 1 N–H and O–H groups in total. The Kier molecular flexibility index (Phi) is 4.65. The Morgan fingerprint density at radius 3 is 2.65 bits per heavy atom. The molecule has 6 nitrogen and oxygen atoms in total. The van der Waals surface area contributed by atoms with E-state index in [0.717, 1.165) is 6.07 Å². The second kappa shape index (κ2) is 6.76. The zero-order valence-electron chi connectivity index (χ0n) is 13.9. The second-order valence-electron chi connectivity index (χ2n) is 5.81. The average molecular weight is 377 g/mol. The Balaban J connectivity index is 2.42. The first-order valence-electron chi connectivity index (χ1n) is 7.71. The van der Waals surface area contributed by atoms with Crippen LogP contribution in [0.2, 0.25) is 5.02 Å². The summed E-state index contributed by atoms with van der Waals surface area (Å²) in [5, 5.41) is 13.2. The van der Waals surface area contributed by atoms with E-state index in [4.69, 9.17) is 16.3 Å². The number of aromatic nitrogens is 2. The molecule has 0 unspecified atom stereocenters. The van der Waals surface area contributed by atoms with Crippen molar-refractivity contribution in [2.45, 2.75) is 20.0 Å². The summed E-state index contributed by atoms with van der Waals surface area (Å²) in [6.07, 6.45) is -0.227. The first-order chi connectivity index (χ1) is 12.3. The van der Waals surface area contributed by atoms with Gasteiger partial charge in [-0.05, 0) is 44.2 Å². The molecule has 3 rings (SSSR count). The van der Waals surface area contributed by atoms with Crippen molar-refractivity contribution in [3.05, 3.63) is 63.2 Å². The van der Waals surface area contributed by atoms with E-state index in [-0.39, 0.29) is 22.3 Å². The van der Waals surface area contributed by atoms with Gasteiger partial charge in [-0.25, -0.2) is 13.9 Å². The van der Waals surface area contributed by atoms with Gasteiger partial charge in [0.2, 0.25) is 11.1 Å². The minimum Gasteiger partial charge on any atom is -0.490 e. The molecule has 0 spiro atoms. The zero-order valence-corrected chi connectivity index (χ0v) is 14.6. The second-order valence-corrected chi connectivity index (χ2v) is 6.22. The van der Waals surface area contributed by atoms with E-state index in [1.807, 2.05) is 0 Å². The molecule has 3 aromatic rings. The highest BCUT2D eigenvalue weighted by molar-refractivity contribution is 6.30. The number of carbonyl (C=O) groups is 1. The maximum atomic E-state index is 13.5. The van der Waals surface area contributed by atoms with Crippen molar-refractivity contribution >= 4 is 28.5 Å². The number of carboxylic acids is 1. The molecule has 0 aliphatic heterocycles. The number of hydrogen-bond donors (Lipinski definition) is 1. The Bertz CT molecular complexity index is 1080. The van der Waals surface area contributed by atoms with Gasteiger partial charge in [-0.15, -0.1) is 0 Å². The first-order valence-corrected chi connectivity index (χ1v) is 8.09. The van der Waals surface area contributed by atoms with Crippen molar-refractivity contribution in [1.82, 2.24) is 9.78 Å². The van der Waals surface area contributed by atoms with Crippen LogP contribution in [0.4, 0.5) is 4.39 Å². The summed E-state index contributed by atoms with van der Waals surface area (Å²) < 4.78 is 20.4. The van der Waals surface area contributed by atoms with Crippen molar-refractivity contribution in [3.63, 3.8) is 0 Å². The first kappa shape index (κ1) is 17.9. The number of carboxylic acid groups (broad SMARTS) is 1. The molecule has 0 fully saturated rings. The van der Waals surface area contributed by atoms with Gasteiger partial charge in [0.05, 0.1) is 27.7 Å². The highest BCUT2D eigenvalue weighted by atomic mass is 35.5. The van der Waals surface area contributed by atoms with Gasteiger partial charge in [0, 0.05) is 0 Å². The summed E-state index contributed by atoms with van der Waals surface area (Å²) in [6, 6.07) is 8.66. The van der Waals surface area contributed by atoms with E-state index in [0.29, 0.717) is 11.2 Å². The predicted molar refractivity (Wildman–Crippen MR) is 95.0 cm³/mol. The van der Waals surface area contributed by atoms with Gasteiger partial charge < -0.3 is 9.84 Å². The van der Waals surface area contributed by atoms with E-state index in [9.17, 15) is 19.1 Å². The Labute approximate surface area is 152 Å². The molecule has 8 heteroatoms. The molecule has 0 amide bonds. The fourth-order valence-electron chi connectivity index (χ4n) is 2.55. The van der Waals surface area contributed by atoms with Crippen molar-refractivity contribution in [2.75, 3.05) is 0 Å². The molecule has 0 saturated heterocycles. The normalized spacial score (nSPS) is 11.1. The number of benzene rings is 2. The molecular formula is C18H14ClFN2O4. The standard InChI is InChI=1S/C18H14ClFN2O4/c1-9(2)26-14-5-3-4-13-15(14)17(23)16(18(24)25)21-22(13)10-6-7-12(20)11(19)8-10/h3-9H,1-2H3,(H,24,25). The predicted octanol–water partition coefficient (Wildman–Crippen LogP) is 3.66. The molecule has 2 aromatic carbocycles. The third-order valence-electron chi connectivity index (χ3n) is 3.59. The highest BCUT2D eigenvalue weighted by Gasteiger charge is 2.21. The number of ether oxygens (including phenoxy) is 1. The van der Waals surface area contributed by atoms with Crippen LogP contribution >= 0.6 is 11.6 Å². The fraction of sp³-hybridized carbons (Fsp3) is 0.167. The van der Waals surface area contributed by atoms with Crippen molar-refractivity contribution in [3.8, 4) is 11.4 Å². The largest absolute Gasteiger partial charge is 0.490 e. The van der Waals surface area contributed by atoms with Crippen LogP contribution in [-0.4, -0.2) is 27.0 Å². The van der Waals surface area contributed by atoms with Crippen LogP contribution in [0.3, 0.4) is 0 Å². The highest BCUT2D eigenvalue weighted by Crippen LogP contribution is 2.26. The quantitative estimate of drug-likeness (QED) is 0.751. The molecule has 0 bridgehead atoms. The number of halogens is 2. The number of aromatic carboxylic acids is 1. The van der Waals surface area contributed by atoms with Crippen LogP contribution in [0.15, 0.2) is 41.2 Å².